The van der Waals surface area contributed by atoms with Crippen LogP contribution in [0.4, 0.5) is 0 Å². The molecule has 1 heterocycles. The summed E-state index contributed by atoms with van der Waals surface area (Å²) < 4.78 is 2.02. The number of rotatable bonds is 2. The summed E-state index contributed by atoms with van der Waals surface area (Å²) in [6, 6.07) is 15.7. The number of imidazole rings is 1. The fourth-order valence-electron chi connectivity index (χ4n) is 2.20. The molecule has 2 nitrogen and oxygen atoms in total. The number of halogens is 2. The maximum absolute atomic E-state index is 6.30. The molecular weight excluding hydrogens is 279 g/mol. The van der Waals surface area contributed by atoms with E-state index in [9.17, 15) is 0 Å². The SMILES string of the molecule is CC(Cl)c1nc2ccccc2n1-c1ccccc1Cl. The summed E-state index contributed by atoms with van der Waals surface area (Å²) >= 11 is 12.6. The minimum absolute atomic E-state index is 0.191. The number of benzene rings is 2. The van der Waals surface area contributed by atoms with Gasteiger partial charge in [0.2, 0.25) is 0 Å². The first-order chi connectivity index (χ1) is 9.18. The summed E-state index contributed by atoms with van der Waals surface area (Å²) in [6.07, 6.45) is 0. The zero-order valence-corrected chi connectivity index (χ0v) is 11.9. The second-order valence-electron chi connectivity index (χ2n) is 4.36. The Balaban J connectivity index is 2.38. The maximum Gasteiger partial charge on any atom is 0.132 e. The molecular formula is C15H12Cl2N2. The van der Waals surface area contributed by atoms with Crippen LogP contribution < -0.4 is 0 Å². The van der Waals surface area contributed by atoms with Crippen molar-refractivity contribution < 1.29 is 0 Å². The van der Waals surface area contributed by atoms with Crippen molar-refractivity contribution in [1.82, 2.24) is 9.55 Å². The second kappa shape index (κ2) is 4.87. The average molecular weight is 291 g/mol. The Labute approximate surface area is 121 Å². The predicted molar refractivity (Wildman–Crippen MR) is 80.3 cm³/mol. The van der Waals surface area contributed by atoms with Gasteiger partial charge in [0, 0.05) is 0 Å². The molecule has 19 heavy (non-hydrogen) atoms. The van der Waals surface area contributed by atoms with Crippen molar-refractivity contribution in [2.24, 2.45) is 0 Å². The number of nitrogens with zero attached hydrogens (tertiary/aromatic N) is 2. The van der Waals surface area contributed by atoms with Gasteiger partial charge >= 0.3 is 0 Å². The highest BCUT2D eigenvalue weighted by Crippen LogP contribution is 2.31. The van der Waals surface area contributed by atoms with Crippen molar-refractivity contribution in [2.45, 2.75) is 12.3 Å². The van der Waals surface area contributed by atoms with Gasteiger partial charge in [0.05, 0.1) is 27.1 Å². The summed E-state index contributed by atoms with van der Waals surface area (Å²) in [5, 5.41) is 0.493. The van der Waals surface area contributed by atoms with Gasteiger partial charge in [0.1, 0.15) is 5.82 Å². The minimum Gasteiger partial charge on any atom is -0.294 e. The summed E-state index contributed by atoms with van der Waals surface area (Å²) in [5.74, 6) is 0.802. The Kier molecular flexibility index (Phi) is 3.21. The van der Waals surface area contributed by atoms with E-state index in [-0.39, 0.29) is 5.38 Å². The van der Waals surface area contributed by atoms with Gasteiger partial charge < -0.3 is 0 Å². The first kappa shape index (κ1) is 12.5. The summed E-state index contributed by atoms with van der Waals surface area (Å²) in [4.78, 5) is 4.60. The molecule has 3 rings (SSSR count). The molecule has 0 fully saturated rings. The fourth-order valence-corrected chi connectivity index (χ4v) is 2.56. The lowest BCUT2D eigenvalue weighted by molar-refractivity contribution is 0.883. The molecule has 0 saturated carbocycles. The van der Waals surface area contributed by atoms with Crippen LogP contribution in [0.15, 0.2) is 48.5 Å². The van der Waals surface area contributed by atoms with Gasteiger partial charge in [-0.3, -0.25) is 4.57 Å². The molecule has 1 aromatic heterocycles. The molecule has 96 valence electrons. The largest absolute Gasteiger partial charge is 0.294 e. The first-order valence-electron chi connectivity index (χ1n) is 6.05. The molecule has 4 heteroatoms. The van der Waals surface area contributed by atoms with Gasteiger partial charge in [-0.25, -0.2) is 4.98 Å². The lowest BCUT2D eigenvalue weighted by atomic mass is 10.2. The maximum atomic E-state index is 6.30. The van der Waals surface area contributed by atoms with Gasteiger partial charge in [-0.15, -0.1) is 11.6 Å². The number of para-hydroxylation sites is 3. The van der Waals surface area contributed by atoms with Crippen molar-refractivity contribution in [2.75, 3.05) is 0 Å². The Morgan fingerprint density at radius 1 is 1.05 bits per heavy atom. The Bertz CT molecular complexity index is 732. The van der Waals surface area contributed by atoms with E-state index in [0.29, 0.717) is 5.02 Å². The third-order valence-corrected chi connectivity index (χ3v) is 3.55. The first-order valence-corrected chi connectivity index (χ1v) is 6.86. The fraction of sp³-hybridized carbons (Fsp3) is 0.133. The Hall–Kier alpha value is -1.51. The lowest BCUT2D eigenvalue weighted by Crippen LogP contribution is -2.02. The van der Waals surface area contributed by atoms with Crippen molar-refractivity contribution in [3.05, 3.63) is 59.4 Å². The van der Waals surface area contributed by atoms with Crippen LogP contribution in [0.1, 0.15) is 18.1 Å². The monoisotopic (exact) mass is 290 g/mol. The number of alkyl halides is 1. The van der Waals surface area contributed by atoms with Crippen molar-refractivity contribution in [3.8, 4) is 5.69 Å². The summed E-state index contributed by atoms with van der Waals surface area (Å²) in [5.41, 5.74) is 2.84. The van der Waals surface area contributed by atoms with Crippen molar-refractivity contribution in [3.63, 3.8) is 0 Å². The number of fused-ring (bicyclic) bond motifs is 1. The van der Waals surface area contributed by atoms with Gasteiger partial charge in [0.25, 0.3) is 0 Å². The molecule has 0 radical (unpaired) electrons. The van der Waals surface area contributed by atoms with E-state index in [0.717, 1.165) is 22.5 Å². The third kappa shape index (κ3) is 2.11. The van der Waals surface area contributed by atoms with Crippen LogP contribution in [-0.4, -0.2) is 9.55 Å². The highest BCUT2D eigenvalue weighted by Gasteiger charge is 2.17. The van der Waals surface area contributed by atoms with Crippen molar-refractivity contribution >= 4 is 34.2 Å². The van der Waals surface area contributed by atoms with Crippen LogP contribution in [-0.2, 0) is 0 Å². The van der Waals surface area contributed by atoms with E-state index in [2.05, 4.69) is 4.98 Å². The molecule has 1 atom stereocenters. The standard InChI is InChI=1S/C15H12Cl2N2/c1-10(16)15-18-12-7-3-5-9-14(12)19(15)13-8-4-2-6-11(13)17/h2-10H,1H3. The molecule has 0 N–H and O–H groups in total. The minimum atomic E-state index is -0.191. The van der Waals surface area contributed by atoms with E-state index in [1.165, 1.54) is 0 Å². The molecule has 0 aliphatic rings. The highest BCUT2D eigenvalue weighted by molar-refractivity contribution is 6.32. The topological polar surface area (TPSA) is 17.8 Å². The summed E-state index contributed by atoms with van der Waals surface area (Å²) in [6.45, 7) is 1.91. The smallest absolute Gasteiger partial charge is 0.132 e. The van der Waals surface area contributed by atoms with Gasteiger partial charge in [-0.2, -0.15) is 0 Å². The van der Waals surface area contributed by atoms with E-state index in [4.69, 9.17) is 23.2 Å². The Morgan fingerprint density at radius 3 is 2.47 bits per heavy atom. The highest BCUT2D eigenvalue weighted by atomic mass is 35.5. The zero-order chi connectivity index (χ0) is 13.4. The number of hydrogen-bond acceptors (Lipinski definition) is 1. The molecule has 0 spiro atoms. The van der Waals surface area contributed by atoms with Crippen molar-refractivity contribution in [1.29, 1.82) is 0 Å². The van der Waals surface area contributed by atoms with E-state index in [1.807, 2.05) is 60.0 Å². The van der Waals surface area contributed by atoms with Crippen LogP contribution in [0.3, 0.4) is 0 Å². The Morgan fingerprint density at radius 2 is 1.74 bits per heavy atom. The molecule has 0 aliphatic heterocycles. The molecule has 3 aromatic rings. The van der Waals surface area contributed by atoms with Gasteiger partial charge in [-0.05, 0) is 31.2 Å². The number of hydrogen-bond donors (Lipinski definition) is 0. The average Bonchev–Trinajstić information content (AvgIpc) is 2.79. The van der Waals surface area contributed by atoms with Crippen LogP contribution in [0, 0.1) is 0 Å². The van der Waals surface area contributed by atoms with Gasteiger partial charge in [0.15, 0.2) is 0 Å². The molecule has 0 amide bonds. The van der Waals surface area contributed by atoms with Crippen LogP contribution >= 0.6 is 23.2 Å². The second-order valence-corrected chi connectivity index (χ2v) is 5.42. The van der Waals surface area contributed by atoms with Crippen LogP contribution in [0.2, 0.25) is 5.02 Å². The summed E-state index contributed by atoms with van der Waals surface area (Å²) in [7, 11) is 0. The lowest BCUT2D eigenvalue weighted by Gasteiger charge is -2.12. The van der Waals surface area contributed by atoms with E-state index in [1.54, 1.807) is 0 Å². The molecule has 1 unspecified atom stereocenters. The van der Waals surface area contributed by atoms with Gasteiger partial charge in [-0.1, -0.05) is 35.9 Å². The predicted octanol–water partition coefficient (Wildman–Crippen LogP) is 4.98. The molecule has 0 bridgehead atoms. The molecule has 2 aromatic carbocycles. The quantitative estimate of drug-likeness (QED) is 0.609. The van der Waals surface area contributed by atoms with Crippen LogP contribution in [0.5, 0.6) is 0 Å². The van der Waals surface area contributed by atoms with E-state index < -0.39 is 0 Å². The number of aromatic nitrogens is 2. The molecule has 0 saturated heterocycles. The van der Waals surface area contributed by atoms with Crippen LogP contribution in [0.25, 0.3) is 16.7 Å². The normalized spacial score (nSPS) is 12.8. The van der Waals surface area contributed by atoms with E-state index >= 15 is 0 Å². The third-order valence-electron chi connectivity index (χ3n) is 3.04. The molecule has 0 aliphatic carbocycles. The zero-order valence-electron chi connectivity index (χ0n) is 10.3.